The zero-order chi connectivity index (χ0) is 18.3. The summed E-state index contributed by atoms with van der Waals surface area (Å²) in [5.41, 5.74) is 1.78. The summed E-state index contributed by atoms with van der Waals surface area (Å²) in [5.74, 6) is 0.979. The Labute approximate surface area is 153 Å². The first kappa shape index (κ1) is 17.5. The Kier molecular flexibility index (Phi) is 4.48. The molecule has 8 heteroatoms. The molecule has 0 saturated carbocycles. The summed E-state index contributed by atoms with van der Waals surface area (Å²) in [6.45, 7) is 4.53. The van der Waals surface area contributed by atoms with E-state index in [0.29, 0.717) is 16.9 Å². The van der Waals surface area contributed by atoms with E-state index < -0.39 is 9.84 Å². The quantitative estimate of drug-likeness (QED) is 0.776. The molecule has 0 radical (unpaired) electrons. The van der Waals surface area contributed by atoms with Crippen LogP contribution < -0.4 is 10.5 Å². The Bertz CT molecular complexity index is 978. The van der Waals surface area contributed by atoms with E-state index in [0.717, 1.165) is 50.3 Å². The second kappa shape index (κ2) is 6.66. The summed E-state index contributed by atoms with van der Waals surface area (Å²) in [5, 5.41) is 0.639. The minimum Gasteiger partial charge on any atom is -0.369 e. The molecule has 1 aromatic heterocycles. The summed E-state index contributed by atoms with van der Waals surface area (Å²) in [6.07, 6.45) is 2.36. The normalized spacial score (nSPS) is 23.6. The van der Waals surface area contributed by atoms with Crippen LogP contribution in [0.3, 0.4) is 0 Å². The number of anilines is 1. The SMILES string of the molecule is Cn1cnc2cc(N3CCN(CC4CCS(=O)(=O)C4)CC3)ccc2c1=O. The van der Waals surface area contributed by atoms with E-state index in [1.807, 2.05) is 18.2 Å². The van der Waals surface area contributed by atoms with Crippen molar-refractivity contribution in [3.05, 3.63) is 34.9 Å². The lowest BCUT2D eigenvalue weighted by molar-refractivity contribution is 0.227. The molecule has 0 amide bonds. The molecule has 1 aromatic carbocycles. The van der Waals surface area contributed by atoms with Crippen LogP contribution in [-0.2, 0) is 16.9 Å². The molecular formula is C18H24N4O3S. The number of aryl methyl sites for hydroxylation is 1. The number of hydrogen-bond acceptors (Lipinski definition) is 6. The maximum atomic E-state index is 12.1. The Morgan fingerprint density at radius 1 is 1.19 bits per heavy atom. The molecule has 2 aliphatic heterocycles. The largest absolute Gasteiger partial charge is 0.369 e. The van der Waals surface area contributed by atoms with Gasteiger partial charge in [0.1, 0.15) is 0 Å². The fraction of sp³-hybridized carbons (Fsp3) is 0.556. The Hall–Kier alpha value is -1.93. The van der Waals surface area contributed by atoms with Crippen LogP contribution in [0.2, 0.25) is 0 Å². The van der Waals surface area contributed by atoms with E-state index in [2.05, 4.69) is 14.8 Å². The highest BCUT2D eigenvalue weighted by atomic mass is 32.2. The molecule has 2 saturated heterocycles. The molecule has 140 valence electrons. The van der Waals surface area contributed by atoms with Crippen LogP contribution in [0.25, 0.3) is 10.9 Å². The smallest absolute Gasteiger partial charge is 0.260 e. The maximum Gasteiger partial charge on any atom is 0.260 e. The van der Waals surface area contributed by atoms with E-state index in [1.54, 1.807) is 13.4 Å². The van der Waals surface area contributed by atoms with E-state index in [9.17, 15) is 13.2 Å². The van der Waals surface area contributed by atoms with Gasteiger partial charge in [0.2, 0.25) is 0 Å². The second-order valence-electron chi connectivity index (χ2n) is 7.42. The predicted octanol–water partition coefficient (Wildman–Crippen LogP) is 0.490. The summed E-state index contributed by atoms with van der Waals surface area (Å²) < 4.78 is 24.7. The van der Waals surface area contributed by atoms with Gasteiger partial charge in [-0.3, -0.25) is 9.69 Å². The van der Waals surface area contributed by atoms with Crippen LogP contribution >= 0.6 is 0 Å². The number of sulfone groups is 1. The number of benzene rings is 1. The van der Waals surface area contributed by atoms with Crippen molar-refractivity contribution in [1.82, 2.24) is 14.5 Å². The monoisotopic (exact) mass is 376 g/mol. The zero-order valence-electron chi connectivity index (χ0n) is 15.0. The Balaban J connectivity index is 1.41. The number of rotatable bonds is 3. The predicted molar refractivity (Wildman–Crippen MR) is 102 cm³/mol. The van der Waals surface area contributed by atoms with Crippen molar-refractivity contribution in [2.45, 2.75) is 6.42 Å². The van der Waals surface area contributed by atoms with Crippen molar-refractivity contribution < 1.29 is 8.42 Å². The first-order valence-electron chi connectivity index (χ1n) is 9.04. The summed E-state index contributed by atoms with van der Waals surface area (Å²) in [7, 11) is -1.09. The molecule has 0 aliphatic carbocycles. The van der Waals surface area contributed by atoms with Gasteiger partial charge in [0.15, 0.2) is 9.84 Å². The third kappa shape index (κ3) is 3.48. The lowest BCUT2D eigenvalue weighted by Crippen LogP contribution is -2.48. The molecule has 0 spiro atoms. The van der Waals surface area contributed by atoms with Crippen molar-refractivity contribution in [3.8, 4) is 0 Å². The molecule has 3 heterocycles. The van der Waals surface area contributed by atoms with Crippen molar-refractivity contribution in [3.63, 3.8) is 0 Å². The molecule has 26 heavy (non-hydrogen) atoms. The first-order chi connectivity index (χ1) is 12.4. The fourth-order valence-electron chi connectivity index (χ4n) is 3.97. The highest BCUT2D eigenvalue weighted by molar-refractivity contribution is 7.91. The van der Waals surface area contributed by atoms with Gasteiger partial charge in [-0.15, -0.1) is 0 Å². The van der Waals surface area contributed by atoms with Gasteiger partial charge in [-0.1, -0.05) is 0 Å². The molecule has 0 bridgehead atoms. The van der Waals surface area contributed by atoms with E-state index >= 15 is 0 Å². The Morgan fingerprint density at radius 3 is 2.65 bits per heavy atom. The molecule has 4 rings (SSSR count). The van der Waals surface area contributed by atoms with Crippen LogP contribution in [0, 0.1) is 5.92 Å². The number of aromatic nitrogens is 2. The van der Waals surface area contributed by atoms with Gasteiger partial charge in [0, 0.05) is 45.5 Å². The van der Waals surface area contributed by atoms with Crippen molar-refractivity contribution in [2.24, 2.45) is 13.0 Å². The molecule has 7 nitrogen and oxygen atoms in total. The Morgan fingerprint density at radius 2 is 1.96 bits per heavy atom. The first-order valence-corrected chi connectivity index (χ1v) is 10.9. The maximum absolute atomic E-state index is 12.1. The van der Waals surface area contributed by atoms with Crippen molar-refractivity contribution >= 4 is 26.4 Å². The van der Waals surface area contributed by atoms with Gasteiger partial charge < -0.3 is 9.47 Å². The van der Waals surface area contributed by atoms with Crippen LogP contribution in [0.15, 0.2) is 29.3 Å². The minimum atomic E-state index is -2.80. The van der Waals surface area contributed by atoms with Gasteiger partial charge in [-0.25, -0.2) is 13.4 Å². The highest BCUT2D eigenvalue weighted by Crippen LogP contribution is 2.23. The number of hydrogen-bond donors (Lipinski definition) is 0. The molecular weight excluding hydrogens is 352 g/mol. The number of piperazine rings is 1. The van der Waals surface area contributed by atoms with Gasteiger partial charge in [0.05, 0.1) is 28.7 Å². The lowest BCUT2D eigenvalue weighted by atomic mass is 10.1. The standard InChI is InChI=1S/C18H24N4O3S/c1-20-13-19-17-10-15(2-3-16(17)18(20)23)22-7-5-21(6-8-22)11-14-4-9-26(24,25)12-14/h2-3,10,13-14H,4-9,11-12H2,1H3. The van der Waals surface area contributed by atoms with Crippen LogP contribution in [-0.4, -0.2) is 67.1 Å². The van der Waals surface area contributed by atoms with Gasteiger partial charge in [-0.2, -0.15) is 0 Å². The molecule has 0 N–H and O–H groups in total. The zero-order valence-corrected chi connectivity index (χ0v) is 15.8. The van der Waals surface area contributed by atoms with Crippen LogP contribution in [0.1, 0.15) is 6.42 Å². The molecule has 2 aromatic rings. The third-order valence-electron chi connectivity index (χ3n) is 5.48. The molecule has 1 atom stereocenters. The summed E-state index contributed by atoms with van der Waals surface area (Å²) in [6, 6.07) is 5.83. The van der Waals surface area contributed by atoms with Crippen molar-refractivity contribution in [2.75, 3.05) is 49.1 Å². The summed E-state index contributed by atoms with van der Waals surface area (Å²) >= 11 is 0. The summed E-state index contributed by atoms with van der Waals surface area (Å²) in [4.78, 5) is 21.2. The average Bonchev–Trinajstić information content (AvgIpc) is 2.97. The van der Waals surface area contributed by atoms with Crippen LogP contribution in [0.5, 0.6) is 0 Å². The fourth-order valence-corrected chi connectivity index (χ4v) is 5.81. The van der Waals surface area contributed by atoms with Gasteiger partial charge in [0.25, 0.3) is 5.56 Å². The van der Waals surface area contributed by atoms with Crippen molar-refractivity contribution in [1.29, 1.82) is 0 Å². The van der Waals surface area contributed by atoms with E-state index in [-0.39, 0.29) is 11.5 Å². The minimum absolute atomic E-state index is 0.0297. The van der Waals surface area contributed by atoms with Crippen LogP contribution in [0.4, 0.5) is 5.69 Å². The van der Waals surface area contributed by atoms with E-state index in [1.165, 1.54) is 4.57 Å². The molecule has 2 fully saturated rings. The number of nitrogens with zero attached hydrogens (tertiary/aromatic N) is 4. The lowest BCUT2D eigenvalue weighted by Gasteiger charge is -2.37. The average molecular weight is 376 g/mol. The van der Waals surface area contributed by atoms with Gasteiger partial charge in [-0.05, 0) is 30.5 Å². The van der Waals surface area contributed by atoms with E-state index in [4.69, 9.17) is 0 Å². The highest BCUT2D eigenvalue weighted by Gasteiger charge is 2.30. The second-order valence-corrected chi connectivity index (χ2v) is 9.65. The third-order valence-corrected chi connectivity index (χ3v) is 7.32. The molecule has 1 unspecified atom stereocenters. The molecule has 2 aliphatic rings. The van der Waals surface area contributed by atoms with Gasteiger partial charge >= 0.3 is 0 Å². The number of fused-ring (bicyclic) bond motifs is 1. The topological polar surface area (TPSA) is 75.5 Å².